The first-order valence-corrected chi connectivity index (χ1v) is 14.4. The summed E-state index contributed by atoms with van der Waals surface area (Å²) in [6.07, 6.45) is -0.819. The molecule has 4 rings (SSSR count). The summed E-state index contributed by atoms with van der Waals surface area (Å²) in [5.41, 5.74) is 3.76. The van der Waals surface area contributed by atoms with E-state index in [2.05, 4.69) is 52.6 Å². The zero-order chi connectivity index (χ0) is 28.2. The first kappa shape index (κ1) is 29.1. The van der Waals surface area contributed by atoms with Gasteiger partial charge >= 0.3 is 0 Å². The van der Waals surface area contributed by atoms with Gasteiger partial charge in [0, 0.05) is 29.2 Å². The fraction of sp³-hybridized carbons (Fsp3) is 0.387. The minimum Gasteiger partial charge on any atom is -0.497 e. The lowest BCUT2D eigenvalue weighted by Gasteiger charge is -2.44. The molecule has 3 aromatic carbocycles. The molecule has 0 saturated carbocycles. The van der Waals surface area contributed by atoms with Crippen molar-refractivity contribution < 1.29 is 23.3 Å². The average molecular weight is 647 g/mol. The van der Waals surface area contributed by atoms with Gasteiger partial charge < -0.3 is 23.8 Å². The fourth-order valence-electron chi connectivity index (χ4n) is 5.13. The van der Waals surface area contributed by atoms with Crippen molar-refractivity contribution in [2.75, 3.05) is 25.8 Å². The van der Waals surface area contributed by atoms with Crippen molar-refractivity contribution in [3.05, 3.63) is 94.3 Å². The summed E-state index contributed by atoms with van der Waals surface area (Å²) in [4.78, 5) is 7.20. The molecule has 3 aromatic rings. The van der Waals surface area contributed by atoms with E-state index in [0.29, 0.717) is 29.1 Å². The average Bonchev–Trinajstić information content (AvgIpc) is 2.93. The van der Waals surface area contributed by atoms with Gasteiger partial charge in [0.15, 0.2) is 0 Å². The molecule has 0 bridgehead atoms. The van der Waals surface area contributed by atoms with Crippen LogP contribution in [0, 0.1) is 19.7 Å². The van der Waals surface area contributed by atoms with E-state index >= 15 is 4.39 Å². The van der Waals surface area contributed by atoms with Crippen LogP contribution < -0.4 is 9.47 Å². The molecule has 1 aliphatic rings. The number of benzene rings is 3. The molecule has 0 saturated heterocycles. The maximum atomic E-state index is 15.2. The van der Waals surface area contributed by atoms with Gasteiger partial charge in [-0.3, -0.25) is 0 Å². The van der Waals surface area contributed by atoms with Gasteiger partial charge in [0.25, 0.3) is 6.02 Å². The second kappa shape index (κ2) is 12.6. The highest BCUT2D eigenvalue weighted by Gasteiger charge is 2.48. The van der Waals surface area contributed by atoms with E-state index in [9.17, 15) is 0 Å². The number of nitrogens with zero attached hydrogens (tertiary/aromatic N) is 2. The van der Waals surface area contributed by atoms with Crippen LogP contribution in [-0.2, 0) is 28.1 Å². The SMILES string of the molecule is COc1ccc(CN(Cc2ccc(C)cc2OC)C2=N[C@](C)(c3ccccc3F)[C@@H](OC)[C@@H](CI)O2)c(C)c1. The normalized spacial score (nSPS) is 20.7. The topological polar surface area (TPSA) is 52.5 Å². The van der Waals surface area contributed by atoms with Crippen molar-refractivity contribution in [3.8, 4) is 11.5 Å². The quantitative estimate of drug-likeness (QED) is 0.194. The number of methoxy groups -OCH3 is 3. The van der Waals surface area contributed by atoms with Crippen LogP contribution in [-0.4, -0.2) is 48.9 Å². The third kappa shape index (κ3) is 6.17. The molecule has 0 radical (unpaired) electrons. The van der Waals surface area contributed by atoms with E-state index in [4.69, 9.17) is 23.9 Å². The van der Waals surface area contributed by atoms with Crippen LogP contribution in [0.4, 0.5) is 4.39 Å². The number of rotatable bonds is 9. The van der Waals surface area contributed by atoms with E-state index in [1.807, 2.05) is 38.1 Å². The molecule has 6 nitrogen and oxygen atoms in total. The highest BCUT2D eigenvalue weighted by Crippen LogP contribution is 2.40. The summed E-state index contributed by atoms with van der Waals surface area (Å²) in [5.74, 6) is 1.27. The van der Waals surface area contributed by atoms with Gasteiger partial charge in [-0.15, -0.1) is 0 Å². The molecule has 8 heteroatoms. The van der Waals surface area contributed by atoms with Crippen LogP contribution in [0.3, 0.4) is 0 Å². The molecule has 0 spiro atoms. The Morgan fingerprint density at radius 1 is 0.974 bits per heavy atom. The van der Waals surface area contributed by atoms with Crippen molar-refractivity contribution in [2.24, 2.45) is 4.99 Å². The number of hydrogen-bond acceptors (Lipinski definition) is 6. The van der Waals surface area contributed by atoms with Crippen molar-refractivity contribution in [2.45, 2.75) is 51.6 Å². The van der Waals surface area contributed by atoms with Gasteiger partial charge in [0.2, 0.25) is 0 Å². The second-order valence-electron chi connectivity index (χ2n) is 9.95. The van der Waals surface area contributed by atoms with Crippen LogP contribution in [0.2, 0.25) is 0 Å². The Bertz CT molecular complexity index is 1330. The first-order chi connectivity index (χ1) is 18.7. The van der Waals surface area contributed by atoms with Gasteiger partial charge in [0.1, 0.15) is 35.1 Å². The van der Waals surface area contributed by atoms with E-state index in [1.165, 1.54) is 6.07 Å². The standard InChI is InChI=1S/C31H36FIN2O4/c1-20-11-12-23(27(15-20)37-5)19-35(18-22-13-14-24(36-4)16-21(22)2)30-34-31(3,25-9-7-8-10-26(25)32)29(38-6)28(17-33)39-30/h7-16,28-29H,17-19H2,1-6H3/t28-,29+,31-/m1/s1. The smallest absolute Gasteiger partial charge is 0.289 e. The molecule has 39 heavy (non-hydrogen) atoms. The summed E-state index contributed by atoms with van der Waals surface area (Å²) in [5, 5.41) is 0. The highest BCUT2D eigenvalue weighted by molar-refractivity contribution is 14.1. The number of aryl methyl sites for hydroxylation is 2. The Balaban J connectivity index is 1.85. The molecular formula is C31H36FIN2O4. The van der Waals surface area contributed by atoms with Crippen LogP contribution in [0.1, 0.15) is 34.7 Å². The minimum absolute atomic E-state index is 0.322. The maximum Gasteiger partial charge on any atom is 0.289 e. The second-order valence-corrected chi connectivity index (χ2v) is 10.8. The molecule has 0 aromatic heterocycles. The van der Waals surface area contributed by atoms with Crippen molar-refractivity contribution in [1.29, 1.82) is 0 Å². The lowest BCUT2D eigenvalue weighted by atomic mass is 9.83. The predicted octanol–water partition coefficient (Wildman–Crippen LogP) is 6.58. The molecule has 0 aliphatic carbocycles. The molecule has 0 fully saturated rings. The van der Waals surface area contributed by atoms with E-state index in [-0.39, 0.29) is 11.9 Å². The molecule has 1 aliphatic heterocycles. The van der Waals surface area contributed by atoms with Gasteiger partial charge in [0.05, 0.1) is 20.8 Å². The van der Waals surface area contributed by atoms with E-state index in [0.717, 1.165) is 33.8 Å². The first-order valence-electron chi connectivity index (χ1n) is 12.9. The maximum absolute atomic E-state index is 15.2. The Labute approximate surface area is 244 Å². The van der Waals surface area contributed by atoms with Gasteiger partial charge in [-0.2, -0.15) is 0 Å². The molecule has 3 atom stereocenters. The van der Waals surface area contributed by atoms with Gasteiger partial charge in [-0.1, -0.05) is 59.0 Å². The lowest BCUT2D eigenvalue weighted by molar-refractivity contribution is -0.0603. The Morgan fingerprint density at radius 2 is 1.69 bits per heavy atom. The molecule has 0 amide bonds. The van der Waals surface area contributed by atoms with Crippen LogP contribution in [0.25, 0.3) is 0 Å². The molecule has 1 heterocycles. The number of hydrogen-bond donors (Lipinski definition) is 0. The third-order valence-corrected chi connectivity index (χ3v) is 8.15. The molecule has 0 unspecified atom stereocenters. The summed E-state index contributed by atoms with van der Waals surface area (Å²) < 4.78 is 39.5. The minimum atomic E-state index is -1.01. The fourth-order valence-corrected chi connectivity index (χ4v) is 5.77. The summed E-state index contributed by atoms with van der Waals surface area (Å²) in [6.45, 7) is 7.01. The van der Waals surface area contributed by atoms with Gasteiger partial charge in [-0.05, 0) is 61.7 Å². The zero-order valence-corrected chi connectivity index (χ0v) is 25.5. The summed E-state index contributed by atoms with van der Waals surface area (Å²) >= 11 is 2.29. The highest BCUT2D eigenvalue weighted by atomic mass is 127. The largest absolute Gasteiger partial charge is 0.497 e. The lowest BCUT2D eigenvalue weighted by Crippen LogP contribution is -2.54. The van der Waals surface area contributed by atoms with E-state index < -0.39 is 11.6 Å². The zero-order valence-electron chi connectivity index (χ0n) is 23.3. The Hall–Kier alpha value is -2.85. The third-order valence-electron chi connectivity index (χ3n) is 7.29. The number of ether oxygens (including phenoxy) is 4. The van der Waals surface area contributed by atoms with Gasteiger partial charge in [-0.25, -0.2) is 9.38 Å². The van der Waals surface area contributed by atoms with Crippen molar-refractivity contribution >= 4 is 28.6 Å². The van der Waals surface area contributed by atoms with Crippen LogP contribution >= 0.6 is 22.6 Å². The monoisotopic (exact) mass is 646 g/mol. The van der Waals surface area contributed by atoms with Crippen molar-refractivity contribution in [3.63, 3.8) is 0 Å². The Morgan fingerprint density at radius 3 is 2.33 bits per heavy atom. The van der Waals surface area contributed by atoms with E-state index in [1.54, 1.807) is 33.5 Å². The summed E-state index contributed by atoms with van der Waals surface area (Å²) in [6, 6.07) is 19.4. The van der Waals surface area contributed by atoms with Crippen LogP contribution in [0.5, 0.6) is 11.5 Å². The molecular weight excluding hydrogens is 610 g/mol. The predicted molar refractivity (Wildman–Crippen MR) is 160 cm³/mol. The number of amidine groups is 1. The summed E-state index contributed by atoms with van der Waals surface area (Å²) in [7, 11) is 4.97. The Kier molecular flexibility index (Phi) is 9.38. The van der Waals surface area contributed by atoms with Crippen LogP contribution in [0.15, 0.2) is 65.7 Å². The number of aliphatic imine (C=N–C) groups is 1. The number of halogens is 2. The molecule has 0 N–H and O–H groups in total. The van der Waals surface area contributed by atoms with Crippen molar-refractivity contribution in [1.82, 2.24) is 4.90 Å². The molecule has 208 valence electrons. The number of alkyl halides is 1.